The number of nitrogens with two attached hydrogens (primary N) is 1. The highest BCUT2D eigenvalue weighted by atomic mass is 19.4. The maximum atomic E-state index is 12.7. The molecule has 0 atom stereocenters. The van der Waals surface area contributed by atoms with Crippen molar-refractivity contribution < 1.29 is 17.9 Å². The van der Waals surface area contributed by atoms with Crippen LogP contribution in [0.2, 0.25) is 0 Å². The van der Waals surface area contributed by atoms with Crippen molar-refractivity contribution in [2.75, 3.05) is 30.5 Å². The van der Waals surface area contributed by atoms with E-state index in [4.69, 9.17) is 10.6 Å². The van der Waals surface area contributed by atoms with E-state index in [1.165, 1.54) is 0 Å². The zero-order valence-electron chi connectivity index (χ0n) is 10.7. The van der Waals surface area contributed by atoms with Crippen molar-refractivity contribution in [3.05, 3.63) is 11.8 Å². The Balaban J connectivity index is 2.06. The molecule has 0 aliphatic carbocycles. The molecule has 0 saturated carbocycles. The highest BCUT2D eigenvalue weighted by Crippen LogP contribution is 2.29. The quantitative estimate of drug-likeness (QED) is 0.577. The van der Waals surface area contributed by atoms with Crippen molar-refractivity contribution in [3.8, 4) is 0 Å². The molecule has 20 heavy (non-hydrogen) atoms. The minimum absolute atomic E-state index is 0.103. The topological polar surface area (TPSA) is 85.1 Å². The lowest BCUT2D eigenvalue weighted by molar-refractivity contribution is -0.141. The SMILES string of the molecule is NNc1nc(NCC2CCOCC2)cc(C(F)(F)F)n1. The Morgan fingerprint density at radius 1 is 1.30 bits per heavy atom. The number of nitrogens with zero attached hydrogens (tertiary/aromatic N) is 2. The molecule has 4 N–H and O–H groups in total. The number of rotatable bonds is 4. The summed E-state index contributed by atoms with van der Waals surface area (Å²) >= 11 is 0. The summed E-state index contributed by atoms with van der Waals surface area (Å²) in [6.45, 7) is 1.90. The highest BCUT2D eigenvalue weighted by Gasteiger charge is 2.33. The van der Waals surface area contributed by atoms with E-state index in [-0.39, 0.29) is 11.8 Å². The van der Waals surface area contributed by atoms with Gasteiger partial charge in [0.05, 0.1) is 0 Å². The Bertz CT molecular complexity index is 448. The van der Waals surface area contributed by atoms with Gasteiger partial charge in [-0.25, -0.2) is 10.8 Å². The average Bonchev–Trinajstić information content (AvgIpc) is 2.45. The van der Waals surface area contributed by atoms with Crippen LogP contribution in [0.25, 0.3) is 0 Å². The zero-order valence-corrected chi connectivity index (χ0v) is 10.7. The second-order valence-corrected chi connectivity index (χ2v) is 4.54. The summed E-state index contributed by atoms with van der Waals surface area (Å²) in [6.07, 6.45) is -2.78. The molecule has 1 aliphatic heterocycles. The van der Waals surface area contributed by atoms with Gasteiger partial charge in [-0.2, -0.15) is 18.2 Å². The number of hydrogen-bond acceptors (Lipinski definition) is 6. The predicted molar refractivity (Wildman–Crippen MR) is 66.9 cm³/mol. The van der Waals surface area contributed by atoms with Crippen LogP contribution in [0.1, 0.15) is 18.5 Å². The van der Waals surface area contributed by atoms with Gasteiger partial charge in [-0.15, -0.1) is 0 Å². The standard InChI is InChI=1S/C11H16F3N5O/c12-11(13,14)8-5-9(18-10(17-8)19-15)16-6-7-1-3-20-4-2-7/h5,7H,1-4,6,15H2,(H2,16,17,18,19). The molecular formula is C11H16F3N5O. The van der Waals surface area contributed by atoms with E-state index in [0.717, 1.165) is 18.9 Å². The number of nitrogens with one attached hydrogen (secondary N) is 2. The van der Waals surface area contributed by atoms with Crippen molar-refractivity contribution in [1.82, 2.24) is 9.97 Å². The number of hydrazine groups is 1. The first-order valence-electron chi connectivity index (χ1n) is 6.23. The van der Waals surface area contributed by atoms with Crippen LogP contribution in [0.15, 0.2) is 6.07 Å². The Kier molecular flexibility index (Phi) is 4.61. The van der Waals surface area contributed by atoms with Gasteiger partial charge < -0.3 is 10.1 Å². The van der Waals surface area contributed by atoms with E-state index in [1.54, 1.807) is 0 Å². The van der Waals surface area contributed by atoms with E-state index in [1.807, 2.05) is 5.43 Å². The molecule has 0 bridgehead atoms. The molecule has 1 aromatic rings. The van der Waals surface area contributed by atoms with Gasteiger partial charge in [0.25, 0.3) is 0 Å². The molecule has 1 fully saturated rings. The smallest absolute Gasteiger partial charge is 0.381 e. The van der Waals surface area contributed by atoms with Crippen molar-refractivity contribution in [2.45, 2.75) is 19.0 Å². The van der Waals surface area contributed by atoms with Crippen LogP contribution in [0.5, 0.6) is 0 Å². The Labute approximate surface area is 113 Å². The molecule has 2 heterocycles. The number of anilines is 2. The van der Waals surface area contributed by atoms with Crippen LogP contribution in [0.4, 0.5) is 24.9 Å². The predicted octanol–water partition coefficient (Wildman–Crippen LogP) is 1.62. The number of alkyl halides is 3. The second-order valence-electron chi connectivity index (χ2n) is 4.54. The van der Waals surface area contributed by atoms with Crippen LogP contribution in [-0.2, 0) is 10.9 Å². The third kappa shape index (κ3) is 3.94. The molecule has 1 saturated heterocycles. The summed E-state index contributed by atoms with van der Waals surface area (Å²) in [4.78, 5) is 7.15. The lowest BCUT2D eigenvalue weighted by Gasteiger charge is -2.22. The zero-order chi connectivity index (χ0) is 14.6. The number of ether oxygens (including phenoxy) is 1. The van der Waals surface area contributed by atoms with E-state index in [0.29, 0.717) is 25.7 Å². The molecular weight excluding hydrogens is 275 g/mol. The molecule has 9 heteroatoms. The Morgan fingerprint density at radius 2 is 2.00 bits per heavy atom. The van der Waals surface area contributed by atoms with Crippen molar-refractivity contribution >= 4 is 11.8 Å². The van der Waals surface area contributed by atoms with Gasteiger partial charge in [0.1, 0.15) is 5.82 Å². The maximum Gasteiger partial charge on any atom is 0.433 e. The molecule has 0 unspecified atom stereocenters. The lowest BCUT2D eigenvalue weighted by Crippen LogP contribution is -2.23. The summed E-state index contributed by atoms with van der Waals surface area (Å²) in [5, 5.41) is 2.90. The minimum atomic E-state index is -4.54. The molecule has 6 nitrogen and oxygen atoms in total. The number of halogens is 3. The van der Waals surface area contributed by atoms with E-state index in [9.17, 15) is 13.2 Å². The number of nitrogen functional groups attached to an aromatic ring is 1. The second kappa shape index (κ2) is 6.23. The first kappa shape index (κ1) is 14.8. The summed E-state index contributed by atoms with van der Waals surface area (Å²) in [6, 6.07) is 0.875. The first-order chi connectivity index (χ1) is 9.49. The van der Waals surface area contributed by atoms with Gasteiger partial charge in [0.15, 0.2) is 5.69 Å². The fourth-order valence-corrected chi connectivity index (χ4v) is 1.95. The van der Waals surface area contributed by atoms with Gasteiger partial charge in [-0.05, 0) is 18.8 Å². The third-order valence-corrected chi connectivity index (χ3v) is 3.06. The number of aromatic nitrogens is 2. The van der Waals surface area contributed by atoms with E-state index < -0.39 is 11.9 Å². The van der Waals surface area contributed by atoms with Gasteiger partial charge in [-0.3, -0.25) is 5.43 Å². The molecule has 0 spiro atoms. The Morgan fingerprint density at radius 3 is 2.60 bits per heavy atom. The summed E-state index contributed by atoms with van der Waals surface area (Å²) in [5.74, 6) is 5.28. The van der Waals surface area contributed by atoms with Gasteiger partial charge in [0.2, 0.25) is 5.95 Å². The molecule has 0 radical (unpaired) electrons. The van der Waals surface area contributed by atoms with Crippen LogP contribution in [0, 0.1) is 5.92 Å². The normalized spacial score (nSPS) is 17.0. The fraction of sp³-hybridized carbons (Fsp3) is 0.636. The molecule has 0 amide bonds. The van der Waals surface area contributed by atoms with Crippen molar-refractivity contribution in [1.29, 1.82) is 0 Å². The van der Waals surface area contributed by atoms with Gasteiger partial charge in [-0.1, -0.05) is 0 Å². The third-order valence-electron chi connectivity index (χ3n) is 3.06. The molecule has 0 aromatic carbocycles. The van der Waals surface area contributed by atoms with E-state index in [2.05, 4.69) is 15.3 Å². The molecule has 1 aliphatic rings. The van der Waals surface area contributed by atoms with Gasteiger partial charge >= 0.3 is 6.18 Å². The Hall–Kier alpha value is -1.61. The lowest BCUT2D eigenvalue weighted by atomic mass is 10.0. The van der Waals surface area contributed by atoms with Crippen molar-refractivity contribution in [3.63, 3.8) is 0 Å². The molecule has 2 rings (SSSR count). The van der Waals surface area contributed by atoms with Crippen LogP contribution in [-0.4, -0.2) is 29.7 Å². The molecule has 112 valence electrons. The van der Waals surface area contributed by atoms with Crippen LogP contribution < -0.4 is 16.6 Å². The summed E-state index contributed by atoms with van der Waals surface area (Å²) < 4.78 is 43.3. The first-order valence-corrected chi connectivity index (χ1v) is 6.23. The fourth-order valence-electron chi connectivity index (χ4n) is 1.95. The summed E-state index contributed by atoms with van der Waals surface area (Å²) in [5.41, 5.74) is 1.00. The van der Waals surface area contributed by atoms with Crippen molar-refractivity contribution in [2.24, 2.45) is 11.8 Å². The van der Waals surface area contributed by atoms with Crippen LogP contribution >= 0.6 is 0 Å². The summed E-state index contributed by atoms with van der Waals surface area (Å²) in [7, 11) is 0. The largest absolute Gasteiger partial charge is 0.433 e. The average molecular weight is 291 g/mol. The minimum Gasteiger partial charge on any atom is -0.381 e. The van der Waals surface area contributed by atoms with Crippen LogP contribution in [0.3, 0.4) is 0 Å². The van der Waals surface area contributed by atoms with E-state index >= 15 is 0 Å². The molecule has 1 aromatic heterocycles. The van der Waals surface area contributed by atoms with Gasteiger partial charge in [0, 0.05) is 25.8 Å². The maximum absolute atomic E-state index is 12.7. The highest BCUT2D eigenvalue weighted by molar-refractivity contribution is 5.42. The monoisotopic (exact) mass is 291 g/mol. The number of hydrogen-bond donors (Lipinski definition) is 3.